The molecule has 0 bridgehead atoms. The number of ether oxygens (including phenoxy) is 1. The van der Waals surface area contributed by atoms with Gasteiger partial charge in [0.25, 0.3) is 5.91 Å². The smallest absolute Gasteiger partial charge is 0.258 e. The van der Waals surface area contributed by atoms with Crippen LogP contribution in [0, 0.1) is 11.3 Å². The highest BCUT2D eigenvalue weighted by Gasteiger charge is 2.06. The van der Waals surface area contributed by atoms with Crippen molar-refractivity contribution in [3.05, 3.63) is 54.0 Å². The zero-order chi connectivity index (χ0) is 13.5. The average Bonchev–Trinajstić information content (AvgIpc) is 2.96. The molecule has 96 valence electrons. The van der Waals surface area contributed by atoms with Gasteiger partial charge in [0.1, 0.15) is 17.6 Å². The Kier molecular flexibility index (Phi) is 4.19. The summed E-state index contributed by atoms with van der Waals surface area (Å²) in [5.41, 5.74) is 0.404. The van der Waals surface area contributed by atoms with Crippen LogP contribution in [-0.4, -0.2) is 12.5 Å². The minimum atomic E-state index is -0.274. The highest BCUT2D eigenvalue weighted by molar-refractivity contribution is 5.77. The van der Waals surface area contributed by atoms with Crippen LogP contribution >= 0.6 is 0 Å². The fourth-order valence-electron chi connectivity index (χ4n) is 1.48. The maximum atomic E-state index is 11.6. The summed E-state index contributed by atoms with van der Waals surface area (Å²) in [6, 6.07) is 12.3. The van der Waals surface area contributed by atoms with Gasteiger partial charge in [-0.3, -0.25) is 4.79 Å². The number of nitriles is 1. The first-order valence-corrected chi connectivity index (χ1v) is 5.70. The van der Waals surface area contributed by atoms with Crippen molar-refractivity contribution in [1.29, 1.82) is 5.26 Å². The largest absolute Gasteiger partial charge is 0.482 e. The molecule has 5 heteroatoms. The van der Waals surface area contributed by atoms with Gasteiger partial charge in [0, 0.05) is 0 Å². The maximum Gasteiger partial charge on any atom is 0.258 e. The van der Waals surface area contributed by atoms with Crippen LogP contribution in [0.1, 0.15) is 11.3 Å². The van der Waals surface area contributed by atoms with E-state index in [0.717, 1.165) is 0 Å². The van der Waals surface area contributed by atoms with Crippen molar-refractivity contribution < 1.29 is 13.9 Å². The molecule has 0 aliphatic carbocycles. The fourth-order valence-corrected chi connectivity index (χ4v) is 1.48. The van der Waals surface area contributed by atoms with Gasteiger partial charge < -0.3 is 14.5 Å². The molecule has 1 aromatic carbocycles. The van der Waals surface area contributed by atoms with Gasteiger partial charge in [-0.1, -0.05) is 12.1 Å². The van der Waals surface area contributed by atoms with Crippen LogP contribution in [0.5, 0.6) is 5.75 Å². The predicted octanol–water partition coefficient (Wildman–Crippen LogP) is 1.85. The van der Waals surface area contributed by atoms with E-state index >= 15 is 0 Å². The molecule has 0 saturated carbocycles. The molecule has 2 aromatic rings. The molecule has 5 nitrogen and oxygen atoms in total. The molecule has 0 atom stereocenters. The third-order valence-corrected chi connectivity index (χ3v) is 2.41. The number of nitrogens with one attached hydrogen (secondary N) is 1. The lowest BCUT2D eigenvalue weighted by Gasteiger charge is -2.07. The molecule has 0 fully saturated rings. The number of carbonyl (C=O) groups excluding carboxylic acids is 1. The number of para-hydroxylation sites is 1. The number of hydrogen-bond donors (Lipinski definition) is 1. The van der Waals surface area contributed by atoms with E-state index in [1.807, 2.05) is 6.07 Å². The van der Waals surface area contributed by atoms with E-state index in [1.165, 1.54) is 0 Å². The van der Waals surface area contributed by atoms with Crippen molar-refractivity contribution in [2.75, 3.05) is 6.61 Å². The summed E-state index contributed by atoms with van der Waals surface area (Å²) < 4.78 is 10.4. The van der Waals surface area contributed by atoms with Gasteiger partial charge in [0.15, 0.2) is 6.61 Å². The number of nitrogens with zero attached hydrogens (tertiary/aromatic N) is 1. The molecule has 0 spiro atoms. The third-order valence-electron chi connectivity index (χ3n) is 2.41. The Morgan fingerprint density at radius 2 is 2.16 bits per heavy atom. The minimum Gasteiger partial charge on any atom is -0.482 e. The van der Waals surface area contributed by atoms with Crippen LogP contribution in [0.2, 0.25) is 0 Å². The number of furan rings is 1. The number of amides is 1. The van der Waals surface area contributed by atoms with Crippen LogP contribution < -0.4 is 10.1 Å². The number of rotatable bonds is 5. The molecule has 2 rings (SSSR count). The highest BCUT2D eigenvalue weighted by Crippen LogP contribution is 2.16. The van der Waals surface area contributed by atoms with Crippen LogP contribution in [0.25, 0.3) is 0 Å². The normalized spacial score (nSPS) is 9.63. The van der Waals surface area contributed by atoms with E-state index in [1.54, 1.807) is 42.7 Å². The molecule has 0 aliphatic heterocycles. The monoisotopic (exact) mass is 256 g/mol. The molecule has 0 saturated heterocycles. The minimum absolute atomic E-state index is 0.139. The summed E-state index contributed by atoms with van der Waals surface area (Å²) in [7, 11) is 0. The van der Waals surface area contributed by atoms with Crippen LogP contribution in [0.15, 0.2) is 47.1 Å². The van der Waals surface area contributed by atoms with Crippen molar-refractivity contribution in [3.63, 3.8) is 0 Å². The lowest BCUT2D eigenvalue weighted by molar-refractivity contribution is -0.123. The molecule has 1 aromatic heterocycles. The molecular formula is C14H12N2O3. The molecule has 1 amide bonds. The average molecular weight is 256 g/mol. The molecule has 1 N–H and O–H groups in total. The number of benzene rings is 1. The van der Waals surface area contributed by atoms with Gasteiger partial charge in [-0.05, 0) is 24.3 Å². The van der Waals surface area contributed by atoms with Gasteiger partial charge >= 0.3 is 0 Å². The molecule has 1 heterocycles. The third kappa shape index (κ3) is 3.61. The first-order valence-electron chi connectivity index (χ1n) is 5.70. The van der Waals surface area contributed by atoms with Crippen molar-refractivity contribution in [1.82, 2.24) is 5.32 Å². The van der Waals surface area contributed by atoms with Crippen LogP contribution in [0.4, 0.5) is 0 Å². The van der Waals surface area contributed by atoms with Gasteiger partial charge in [0.2, 0.25) is 0 Å². The Balaban J connectivity index is 1.82. The summed E-state index contributed by atoms with van der Waals surface area (Å²) in [5, 5.41) is 11.5. The van der Waals surface area contributed by atoms with E-state index in [2.05, 4.69) is 5.32 Å². The van der Waals surface area contributed by atoms with Crippen molar-refractivity contribution in [2.45, 2.75) is 6.54 Å². The predicted molar refractivity (Wildman–Crippen MR) is 67.2 cm³/mol. The topological polar surface area (TPSA) is 75.3 Å². The van der Waals surface area contributed by atoms with Crippen LogP contribution in [0.3, 0.4) is 0 Å². The summed E-state index contributed by atoms with van der Waals surface area (Å²) in [6.07, 6.45) is 1.54. The second-order valence-corrected chi connectivity index (χ2v) is 3.75. The fraction of sp³-hybridized carbons (Fsp3) is 0.143. The zero-order valence-electron chi connectivity index (χ0n) is 10.1. The Labute approximate surface area is 110 Å². The Bertz CT molecular complexity index is 585. The summed E-state index contributed by atoms with van der Waals surface area (Å²) in [5.74, 6) is 0.799. The lowest BCUT2D eigenvalue weighted by atomic mass is 10.2. The van der Waals surface area contributed by atoms with Crippen molar-refractivity contribution in [3.8, 4) is 11.8 Å². The van der Waals surface area contributed by atoms with Gasteiger partial charge in [-0.15, -0.1) is 0 Å². The summed E-state index contributed by atoms with van der Waals surface area (Å²) in [4.78, 5) is 11.6. The SMILES string of the molecule is N#Cc1ccccc1OCC(=O)NCc1ccco1. The van der Waals surface area contributed by atoms with E-state index < -0.39 is 0 Å². The van der Waals surface area contributed by atoms with Crippen molar-refractivity contribution >= 4 is 5.91 Å². The highest BCUT2D eigenvalue weighted by atomic mass is 16.5. The maximum absolute atomic E-state index is 11.6. The molecule has 0 unspecified atom stereocenters. The van der Waals surface area contributed by atoms with Gasteiger partial charge in [-0.25, -0.2) is 0 Å². The second-order valence-electron chi connectivity index (χ2n) is 3.75. The van der Waals surface area contributed by atoms with E-state index in [9.17, 15) is 4.79 Å². The van der Waals surface area contributed by atoms with E-state index in [4.69, 9.17) is 14.4 Å². The second kappa shape index (κ2) is 6.26. The zero-order valence-corrected chi connectivity index (χ0v) is 10.1. The first-order chi connectivity index (χ1) is 9.29. The lowest BCUT2D eigenvalue weighted by Crippen LogP contribution is -2.28. The molecule has 0 radical (unpaired) electrons. The standard InChI is InChI=1S/C14H12N2O3/c15-8-11-4-1-2-6-13(11)19-10-14(17)16-9-12-5-3-7-18-12/h1-7H,9-10H2,(H,16,17). The van der Waals surface area contributed by atoms with Gasteiger partial charge in [-0.2, -0.15) is 5.26 Å². The van der Waals surface area contributed by atoms with Crippen molar-refractivity contribution in [2.24, 2.45) is 0 Å². The Morgan fingerprint density at radius 3 is 2.89 bits per heavy atom. The number of hydrogen-bond acceptors (Lipinski definition) is 4. The first kappa shape index (κ1) is 12.7. The quantitative estimate of drug-likeness (QED) is 0.885. The Hall–Kier alpha value is -2.74. The summed E-state index contributed by atoms with van der Waals surface area (Å²) in [6.45, 7) is 0.175. The number of carbonyl (C=O) groups is 1. The Morgan fingerprint density at radius 1 is 1.32 bits per heavy atom. The van der Waals surface area contributed by atoms with Crippen LogP contribution in [-0.2, 0) is 11.3 Å². The summed E-state index contributed by atoms with van der Waals surface area (Å²) >= 11 is 0. The molecule has 19 heavy (non-hydrogen) atoms. The van der Waals surface area contributed by atoms with E-state index in [-0.39, 0.29) is 12.5 Å². The molecular weight excluding hydrogens is 244 g/mol. The molecule has 0 aliphatic rings. The van der Waals surface area contributed by atoms with Gasteiger partial charge in [0.05, 0.1) is 18.4 Å². The van der Waals surface area contributed by atoms with E-state index in [0.29, 0.717) is 23.6 Å².